The lowest BCUT2D eigenvalue weighted by atomic mass is 10.1. The number of carbonyl (C=O) groups is 1. The first-order valence-electron chi connectivity index (χ1n) is 6.70. The van der Waals surface area contributed by atoms with Gasteiger partial charge in [0.05, 0.1) is 6.42 Å². The molecule has 0 saturated carbocycles. The summed E-state index contributed by atoms with van der Waals surface area (Å²) in [5.41, 5.74) is 0.958. The zero-order chi connectivity index (χ0) is 14.7. The van der Waals surface area contributed by atoms with E-state index in [0.29, 0.717) is 11.6 Å². The topological polar surface area (TPSA) is 64.1 Å². The molecule has 0 radical (unpaired) electrons. The second-order valence-corrected chi connectivity index (χ2v) is 6.72. The van der Waals surface area contributed by atoms with Crippen molar-refractivity contribution in [1.29, 1.82) is 0 Å². The van der Waals surface area contributed by atoms with Crippen LogP contribution in [0.3, 0.4) is 0 Å². The van der Waals surface area contributed by atoms with E-state index in [4.69, 9.17) is 4.74 Å². The molecule has 1 amide bonds. The van der Waals surface area contributed by atoms with Crippen LogP contribution in [0.25, 0.3) is 0 Å². The van der Waals surface area contributed by atoms with Crippen LogP contribution in [0.15, 0.2) is 28.7 Å². The Bertz CT molecular complexity index is 623. The zero-order valence-electron chi connectivity index (χ0n) is 11.2. The van der Waals surface area contributed by atoms with Crippen molar-refractivity contribution in [3.8, 4) is 0 Å². The van der Waals surface area contributed by atoms with Gasteiger partial charge in [0.15, 0.2) is 0 Å². The first-order chi connectivity index (χ1) is 10.2. The predicted octanol–water partition coefficient (Wildman–Crippen LogP) is 3.33. The Kier molecular flexibility index (Phi) is 4.62. The van der Waals surface area contributed by atoms with Crippen LogP contribution in [0.5, 0.6) is 0 Å². The molecule has 1 aromatic heterocycles. The lowest BCUT2D eigenvalue weighted by molar-refractivity contribution is -0.115. The number of hydrogen-bond acceptors (Lipinski definition) is 5. The van der Waals surface area contributed by atoms with Crippen LogP contribution >= 0.6 is 27.3 Å². The van der Waals surface area contributed by atoms with Crippen LogP contribution in [-0.4, -0.2) is 22.7 Å². The molecule has 1 N–H and O–H groups in total. The fourth-order valence-corrected chi connectivity index (χ4v) is 3.25. The highest BCUT2D eigenvalue weighted by molar-refractivity contribution is 9.10. The third kappa shape index (κ3) is 3.87. The molecule has 2 heterocycles. The highest BCUT2D eigenvalue weighted by Gasteiger charge is 2.22. The van der Waals surface area contributed by atoms with E-state index in [1.165, 1.54) is 11.3 Å². The van der Waals surface area contributed by atoms with E-state index in [2.05, 4.69) is 31.4 Å². The van der Waals surface area contributed by atoms with Gasteiger partial charge in [0.25, 0.3) is 0 Å². The summed E-state index contributed by atoms with van der Waals surface area (Å²) >= 11 is 4.76. The quantitative estimate of drug-likeness (QED) is 0.899. The van der Waals surface area contributed by atoms with Crippen molar-refractivity contribution < 1.29 is 9.53 Å². The average Bonchev–Trinajstić information content (AvgIpc) is 3.12. The average molecular weight is 368 g/mol. The van der Waals surface area contributed by atoms with Crippen molar-refractivity contribution in [2.45, 2.75) is 25.4 Å². The molecule has 1 aliphatic rings. The van der Waals surface area contributed by atoms with E-state index >= 15 is 0 Å². The van der Waals surface area contributed by atoms with Gasteiger partial charge >= 0.3 is 0 Å². The van der Waals surface area contributed by atoms with Crippen LogP contribution < -0.4 is 5.32 Å². The molecular weight excluding hydrogens is 354 g/mol. The number of amides is 1. The maximum atomic E-state index is 12.0. The number of halogens is 1. The van der Waals surface area contributed by atoms with Gasteiger partial charge in [-0.3, -0.25) is 4.79 Å². The predicted molar refractivity (Wildman–Crippen MR) is 84.3 cm³/mol. The van der Waals surface area contributed by atoms with E-state index in [0.717, 1.165) is 34.5 Å². The van der Waals surface area contributed by atoms with Gasteiger partial charge in [0, 0.05) is 11.1 Å². The summed E-state index contributed by atoms with van der Waals surface area (Å²) in [5.74, 6) is -0.0904. The van der Waals surface area contributed by atoms with Crippen molar-refractivity contribution in [3.63, 3.8) is 0 Å². The summed E-state index contributed by atoms with van der Waals surface area (Å²) in [6.07, 6.45) is 2.39. The number of ether oxygens (including phenoxy) is 1. The normalized spacial score (nSPS) is 17.9. The van der Waals surface area contributed by atoms with Crippen molar-refractivity contribution >= 4 is 38.3 Å². The number of benzene rings is 1. The molecule has 1 aliphatic heterocycles. The second-order valence-electron chi connectivity index (χ2n) is 4.80. The van der Waals surface area contributed by atoms with E-state index in [1.807, 2.05) is 24.3 Å². The molecule has 0 aliphatic carbocycles. The van der Waals surface area contributed by atoms with Crippen molar-refractivity contribution in [2.75, 3.05) is 11.9 Å². The number of hydrogen-bond donors (Lipinski definition) is 1. The molecule has 2 aromatic rings. The zero-order valence-corrected chi connectivity index (χ0v) is 13.6. The molecule has 21 heavy (non-hydrogen) atoms. The van der Waals surface area contributed by atoms with Gasteiger partial charge in [-0.25, -0.2) is 0 Å². The summed E-state index contributed by atoms with van der Waals surface area (Å²) in [6.45, 7) is 0.773. The number of aromatic nitrogens is 2. The Balaban J connectivity index is 1.58. The summed E-state index contributed by atoms with van der Waals surface area (Å²) in [5, 5.41) is 12.3. The van der Waals surface area contributed by atoms with E-state index in [9.17, 15) is 4.79 Å². The molecule has 1 aromatic carbocycles. The number of anilines is 1. The van der Waals surface area contributed by atoms with Gasteiger partial charge in [-0.05, 0) is 30.5 Å². The van der Waals surface area contributed by atoms with E-state index in [1.54, 1.807) is 0 Å². The Morgan fingerprint density at radius 3 is 2.90 bits per heavy atom. The molecule has 1 saturated heterocycles. The maximum Gasteiger partial charge on any atom is 0.230 e. The Morgan fingerprint density at radius 2 is 2.19 bits per heavy atom. The smallest absolute Gasteiger partial charge is 0.230 e. The molecule has 0 spiro atoms. The van der Waals surface area contributed by atoms with Crippen LogP contribution in [0.4, 0.5) is 5.13 Å². The molecule has 7 heteroatoms. The van der Waals surface area contributed by atoms with Gasteiger partial charge < -0.3 is 10.1 Å². The monoisotopic (exact) mass is 367 g/mol. The van der Waals surface area contributed by atoms with Crippen molar-refractivity contribution in [2.24, 2.45) is 0 Å². The second kappa shape index (κ2) is 6.64. The summed E-state index contributed by atoms with van der Waals surface area (Å²) in [4.78, 5) is 12.0. The molecule has 110 valence electrons. The number of nitrogens with zero attached hydrogens (tertiary/aromatic N) is 2. The van der Waals surface area contributed by atoms with Crippen molar-refractivity contribution in [1.82, 2.24) is 10.2 Å². The minimum Gasteiger partial charge on any atom is -0.371 e. The summed E-state index contributed by atoms with van der Waals surface area (Å²) in [6, 6.07) is 7.68. The van der Waals surface area contributed by atoms with Gasteiger partial charge in [-0.1, -0.05) is 39.4 Å². The minimum absolute atomic E-state index is 0.0413. The first-order valence-corrected chi connectivity index (χ1v) is 8.31. The highest BCUT2D eigenvalue weighted by Crippen LogP contribution is 2.31. The number of nitrogens with one attached hydrogen (secondary N) is 1. The Morgan fingerprint density at radius 1 is 1.38 bits per heavy atom. The molecule has 3 rings (SSSR count). The largest absolute Gasteiger partial charge is 0.371 e. The molecule has 1 unspecified atom stereocenters. The number of rotatable bonds is 4. The van der Waals surface area contributed by atoms with Gasteiger partial charge in [-0.2, -0.15) is 0 Å². The van der Waals surface area contributed by atoms with Crippen LogP contribution in [0.1, 0.15) is 29.5 Å². The van der Waals surface area contributed by atoms with Gasteiger partial charge in [0.2, 0.25) is 11.0 Å². The lowest BCUT2D eigenvalue weighted by Crippen LogP contribution is -2.14. The van der Waals surface area contributed by atoms with E-state index < -0.39 is 0 Å². The standard InChI is InChI=1S/C14H14BrN3O2S/c15-10-5-3-9(4-6-10)8-12(19)16-14-18-17-13(21-14)11-2-1-7-20-11/h3-6,11H,1-2,7-8H2,(H,16,18,19). The molecule has 5 nitrogen and oxygen atoms in total. The van der Waals surface area contributed by atoms with Crippen LogP contribution in [0, 0.1) is 0 Å². The molecule has 1 atom stereocenters. The third-order valence-electron chi connectivity index (χ3n) is 3.17. The molecule has 0 bridgehead atoms. The Hall–Kier alpha value is -1.31. The summed E-state index contributed by atoms with van der Waals surface area (Å²) in [7, 11) is 0. The third-order valence-corrected chi connectivity index (χ3v) is 4.63. The fraction of sp³-hybridized carbons (Fsp3) is 0.357. The SMILES string of the molecule is O=C(Cc1ccc(Br)cc1)Nc1nnc(C2CCCO2)s1. The van der Waals surface area contributed by atoms with E-state index in [-0.39, 0.29) is 12.0 Å². The fourth-order valence-electron chi connectivity index (χ4n) is 2.14. The highest BCUT2D eigenvalue weighted by atomic mass is 79.9. The van der Waals surface area contributed by atoms with Crippen LogP contribution in [0.2, 0.25) is 0 Å². The first kappa shape index (κ1) is 14.6. The maximum absolute atomic E-state index is 12.0. The Labute approximate surface area is 134 Å². The van der Waals surface area contributed by atoms with Crippen molar-refractivity contribution in [3.05, 3.63) is 39.3 Å². The minimum atomic E-state index is -0.0904. The molecule has 1 fully saturated rings. The molecular formula is C14H14BrN3O2S. The lowest BCUT2D eigenvalue weighted by Gasteiger charge is -2.03. The summed E-state index contributed by atoms with van der Waals surface area (Å²) < 4.78 is 6.55. The number of carbonyl (C=O) groups excluding carboxylic acids is 1. The van der Waals surface area contributed by atoms with Crippen LogP contribution in [-0.2, 0) is 16.0 Å². The van der Waals surface area contributed by atoms with Gasteiger partial charge in [-0.15, -0.1) is 10.2 Å². The van der Waals surface area contributed by atoms with Gasteiger partial charge in [0.1, 0.15) is 11.1 Å².